The zero-order chi connectivity index (χ0) is 30.6. The van der Waals surface area contributed by atoms with E-state index in [1.807, 2.05) is 39.8 Å². The summed E-state index contributed by atoms with van der Waals surface area (Å²) in [6, 6.07) is 16.8. The standard InChI is InChI=1S/C33H29F3N2O4/c1-18-9-11-19(12-10-18)28-26(30(40)37-5)24-16-23(20-7-6-8-21(15-20)25(39)17-32(2,3)4)27-22(29(24)42-28)13-14-38(27)31(41)33(34,35)36/h6-16H,17H2,1-5H3,(H,37,40). The van der Waals surface area contributed by atoms with Gasteiger partial charge in [0.2, 0.25) is 0 Å². The van der Waals surface area contributed by atoms with E-state index in [4.69, 9.17) is 4.42 Å². The molecule has 5 aromatic rings. The number of nitrogens with zero attached hydrogens (tertiary/aromatic N) is 1. The smallest absolute Gasteiger partial charge is 0.454 e. The molecule has 0 aliphatic heterocycles. The number of benzene rings is 3. The molecule has 42 heavy (non-hydrogen) atoms. The van der Waals surface area contributed by atoms with E-state index in [1.165, 1.54) is 13.1 Å². The van der Waals surface area contributed by atoms with Gasteiger partial charge in [-0.05, 0) is 36.1 Å². The highest BCUT2D eigenvalue weighted by Gasteiger charge is 2.41. The molecule has 2 heterocycles. The molecule has 0 saturated heterocycles. The topological polar surface area (TPSA) is 81.3 Å². The minimum Gasteiger partial charge on any atom is -0.454 e. The highest BCUT2D eigenvalue weighted by Crippen LogP contribution is 2.43. The van der Waals surface area contributed by atoms with Crippen LogP contribution in [0.4, 0.5) is 13.2 Å². The summed E-state index contributed by atoms with van der Waals surface area (Å²) in [6.45, 7) is 7.73. The number of alkyl halides is 3. The predicted octanol–water partition coefficient (Wildman–Crippen LogP) is 8.21. The van der Waals surface area contributed by atoms with Gasteiger partial charge in [0.05, 0.1) is 11.1 Å². The Labute approximate surface area is 240 Å². The maximum Gasteiger partial charge on any atom is 0.472 e. The molecular weight excluding hydrogens is 545 g/mol. The quantitative estimate of drug-likeness (QED) is 0.215. The summed E-state index contributed by atoms with van der Waals surface area (Å²) in [5, 5.41) is 3.20. The van der Waals surface area contributed by atoms with Crippen LogP contribution in [0, 0.1) is 12.3 Å². The average Bonchev–Trinajstić information content (AvgIpc) is 3.53. The van der Waals surface area contributed by atoms with Crippen LogP contribution in [-0.4, -0.2) is 35.4 Å². The highest BCUT2D eigenvalue weighted by atomic mass is 19.4. The molecule has 0 fully saturated rings. The minimum atomic E-state index is -5.15. The number of aromatic nitrogens is 1. The normalized spacial score (nSPS) is 12.2. The van der Waals surface area contributed by atoms with Gasteiger partial charge in [-0.2, -0.15) is 13.2 Å². The Bertz CT molecular complexity index is 1870. The van der Waals surface area contributed by atoms with Crippen molar-refractivity contribution in [1.82, 2.24) is 9.88 Å². The van der Waals surface area contributed by atoms with E-state index in [0.29, 0.717) is 26.6 Å². The third kappa shape index (κ3) is 5.22. The molecule has 5 rings (SSSR count). The number of rotatable bonds is 5. The first kappa shape index (κ1) is 28.9. The van der Waals surface area contributed by atoms with Crippen LogP contribution in [0.5, 0.6) is 0 Å². The van der Waals surface area contributed by atoms with Gasteiger partial charge < -0.3 is 9.73 Å². The molecule has 0 spiro atoms. The lowest BCUT2D eigenvalue weighted by atomic mass is 9.87. The third-order valence-electron chi connectivity index (χ3n) is 7.04. The number of nitrogens with one attached hydrogen (secondary N) is 1. The van der Waals surface area contributed by atoms with Crippen LogP contribution in [0.3, 0.4) is 0 Å². The molecule has 0 aliphatic carbocycles. The van der Waals surface area contributed by atoms with Crippen molar-refractivity contribution in [3.05, 3.63) is 83.6 Å². The Morgan fingerprint density at radius 1 is 0.905 bits per heavy atom. The summed E-state index contributed by atoms with van der Waals surface area (Å²) >= 11 is 0. The van der Waals surface area contributed by atoms with Gasteiger partial charge in [-0.3, -0.25) is 19.0 Å². The fourth-order valence-electron chi connectivity index (χ4n) is 5.11. The second-order valence-electron chi connectivity index (χ2n) is 11.5. The van der Waals surface area contributed by atoms with Crippen LogP contribution in [0.2, 0.25) is 0 Å². The first-order chi connectivity index (χ1) is 19.7. The number of carbonyl (C=O) groups is 3. The molecule has 2 aromatic heterocycles. The van der Waals surface area contributed by atoms with Crippen LogP contribution < -0.4 is 5.32 Å². The number of hydrogen-bond donors (Lipinski definition) is 1. The Balaban J connectivity index is 1.86. The van der Waals surface area contributed by atoms with Crippen LogP contribution in [0.25, 0.3) is 44.3 Å². The molecule has 3 aromatic carbocycles. The van der Waals surface area contributed by atoms with Crippen molar-refractivity contribution < 1.29 is 32.0 Å². The van der Waals surface area contributed by atoms with Gasteiger partial charge in [0, 0.05) is 47.1 Å². The monoisotopic (exact) mass is 574 g/mol. The highest BCUT2D eigenvalue weighted by molar-refractivity contribution is 6.20. The first-order valence-electron chi connectivity index (χ1n) is 13.3. The van der Waals surface area contributed by atoms with E-state index < -0.39 is 18.0 Å². The molecule has 0 radical (unpaired) electrons. The van der Waals surface area contributed by atoms with Crippen molar-refractivity contribution in [2.45, 2.75) is 40.3 Å². The second kappa shape index (κ2) is 10.3. The summed E-state index contributed by atoms with van der Waals surface area (Å²) < 4.78 is 47.9. The maximum atomic E-state index is 13.7. The largest absolute Gasteiger partial charge is 0.472 e. The molecule has 0 saturated carbocycles. The number of aryl methyl sites for hydroxylation is 1. The van der Waals surface area contributed by atoms with E-state index in [9.17, 15) is 27.6 Å². The fourth-order valence-corrected chi connectivity index (χ4v) is 5.11. The SMILES string of the molecule is CNC(=O)c1c(-c2ccc(C)cc2)oc2c1cc(-c1cccc(C(=O)CC(C)(C)C)c1)c1c2ccn1C(=O)C(F)(F)F. The van der Waals surface area contributed by atoms with Crippen LogP contribution in [0.1, 0.15) is 58.3 Å². The van der Waals surface area contributed by atoms with E-state index in [1.54, 1.807) is 42.5 Å². The Morgan fingerprint density at radius 2 is 1.60 bits per heavy atom. The number of fused-ring (bicyclic) bond motifs is 3. The Hall–Kier alpha value is -4.66. The zero-order valence-electron chi connectivity index (χ0n) is 23.8. The van der Waals surface area contributed by atoms with Gasteiger partial charge in [-0.15, -0.1) is 0 Å². The number of Topliss-reactive ketones (excluding diaryl/α,β-unsaturated/α-hetero) is 1. The van der Waals surface area contributed by atoms with Gasteiger partial charge in [-0.1, -0.05) is 68.8 Å². The van der Waals surface area contributed by atoms with Gasteiger partial charge >= 0.3 is 12.1 Å². The van der Waals surface area contributed by atoms with Crippen molar-refractivity contribution >= 4 is 39.5 Å². The molecule has 1 amide bonds. The van der Waals surface area contributed by atoms with Crippen molar-refractivity contribution in [1.29, 1.82) is 0 Å². The van der Waals surface area contributed by atoms with Crippen molar-refractivity contribution in [3.63, 3.8) is 0 Å². The molecule has 0 unspecified atom stereocenters. The van der Waals surface area contributed by atoms with Gasteiger partial charge in [0.15, 0.2) is 5.78 Å². The molecular formula is C33H29F3N2O4. The summed E-state index contributed by atoms with van der Waals surface area (Å²) in [7, 11) is 1.47. The van der Waals surface area contributed by atoms with Crippen LogP contribution >= 0.6 is 0 Å². The predicted molar refractivity (Wildman–Crippen MR) is 156 cm³/mol. The zero-order valence-corrected chi connectivity index (χ0v) is 23.8. The molecule has 0 atom stereocenters. The molecule has 6 nitrogen and oxygen atoms in total. The van der Waals surface area contributed by atoms with Crippen LogP contribution in [-0.2, 0) is 0 Å². The molecule has 9 heteroatoms. The minimum absolute atomic E-state index is 0.0436. The lowest BCUT2D eigenvalue weighted by molar-refractivity contribution is -0.0942. The Morgan fingerprint density at radius 3 is 2.21 bits per heavy atom. The molecule has 0 aliphatic rings. The summed E-state index contributed by atoms with van der Waals surface area (Å²) in [5.41, 5.74) is 2.68. The number of halogens is 3. The van der Waals surface area contributed by atoms with E-state index in [-0.39, 0.29) is 51.0 Å². The number of ketones is 1. The third-order valence-corrected chi connectivity index (χ3v) is 7.04. The number of furan rings is 1. The van der Waals surface area contributed by atoms with Crippen molar-refractivity contribution in [3.8, 4) is 22.5 Å². The van der Waals surface area contributed by atoms with Crippen molar-refractivity contribution in [2.24, 2.45) is 5.41 Å². The van der Waals surface area contributed by atoms with Gasteiger partial charge in [0.25, 0.3) is 5.91 Å². The number of carbonyl (C=O) groups excluding carboxylic acids is 3. The summed E-state index contributed by atoms with van der Waals surface area (Å²) in [5.74, 6) is -2.41. The molecule has 1 N–H and O–H groups in total. The second-order valence-corrected chi connectivity index (χ2v) is 11.5. The van der Waals surface area contributed by atoms with E-state index in [0.717, 1.165) is 11.8 Å². The number of amides is 1. The van der Waals surface area contributed by atoms with Gasteiger partial charge in [-0.25, -0.2) is 0 Å². The van der Waals surface area contributed by atoms with Crippen LogP contribution in [0.15, 0.2) is 71.3 Å². The fraction of sp³-hybridized carbons (Fsp3) is 0.242. The maximum absolute atomic E-state index is 13.7. The van der Waals surface area contributed by atoms with E-state index in [2.05, 4.69) is 5.32 Å². The summed E-state index contributed by atoms with van der Waals surface area (Å²) in [6.07, 6.45) is -3.84. The Kier molecular flexibility index (Phi) is 7.08. The molecule has 216 valence electrons. The van der Waals surface area contributed by atoms with E-state index >= 15 is 0 Å². The lowest BCUT2D eigenvalue weighted by Crippen LogP contribution is -2.28. The molecule has 0 bridgehead atoms. The lowest BCUT2D eigenvalue weighted by Gasteiger charge is -2.17. The van der Waals surface area contributed by atoms with Crippen molar-refractivity contribution in [2.75, 3.05) is 7.05 Å². The number of hydrogen-bond acceptors (Lipinski definition) is 4. The summed E-state index contributed by atoms with van der Waals surface area (Å²) in [4.78, 5) is 38.9. The average molecular weight is 575 g/mol. The first-order valence-corrected chi connectivity index (χ1v) is 13.3. The van der Waals surface area contributed by atoms with Gasteiger partial charge in [0.1, 0.15) is 11.3 Å².